The number of carbonyl (C=O) groups is 1. The molecule has 1 aromatic rings. The van der Waals surface area contributed by atoms with Gasteiger partial charge >= 0.3 is 0 Å². The van der Waals surface area contributed by atoms with Crippen LogP contribution in [0.2, 0.25) is 0 Å². The Morgan fingerprint density at radius 2 is 2.40 bits per heavy atom. The first-order valence-electron chi connectivity index (χ1n) is 2.70. The van der Waals surface area contributed by atoms with Gasteiger partial charge < -0.3 is 5.73 Å². The second-order valence-corrected chi connectivity index (χ2v) is 2.60. The van der Waals surface area contributed by atoms with E-state index in [0.29, 0.717) is 6.54 Å². The van der Waals surface area contributed by atoms with Gasteiger partial charge in [0.1, 0.15) is 6.54 Å². The summed E-state index contributed by atoms with van der Waals surface area (Å²) < 4.78 is 0. The van der Waals surface area contributed by atoms with Crippen LogP contribution in [0.5, 0.6) is 0 Å². The van der Waals surface area contributed by atoms with Gasteiger partial charge in [0.05, 0.1) is 4.88 Å². The molecule has 0 fully saturated rings. The highest BCUT2D eigenvalue weighted by Crippen LogP contribution is 2.07. The molecule has 0 bridgehead atoms. The van der Waals surface area contributed by atoms with Crippen molar-refractivity contribution in [3.8, 4) is 0 Å². The van der Waals surface area contributed by atoms with E-state index >= 15 is 0 Å². The van der Waals surface area contributed by atoms with Crippen LogP contribution in [0, 0.1) is 0 Å². The average molecular weight is 179 g/mol. The van der Waals surface area contributed by atoms with Crippen LogP contribution in [0.15, 0.2) is 17.5 Å². The SMILES string of the molecule is Cl.[NH3+]CC(=O)c1cccs1. The number of hydrogen-bond donors (Lipinski definition) is 1. The molecule has 0 radical (unpaired) electrons. The van der Waals surface area contributed by atoms with Gasteiger partial charge in [0, 0.05) is 0 Å². The van der Waals surface area contributed by atoms with Crippen molar-refractivity contribution in [3.05, 3.63) is 22.4 Å². The predicted molar refractivity (Wildman–Crippen MR) is 43.7 cm³/mol. The molecule has 1 heterocycles. The molecule has 1 aromatic heterocycles. The quantitative estimate of drug-likeness (QED) is 0.663. The summed E-state index contributed by atoms with van der Waals surface area (Å²) in [5.74, 6) is 0.130. The van der Waals surface area contributed by atoms with Crippen LogP contribution in [0.4, 0.5) is 0 Å². The van der Waals surface area contributed by atoms with E-state index in [9.17, 15) is 4.79 Å². The standard InChI is InChI=1S/C6H7NOS.ClH/c7-4-5(8)6-2-1-3-9-6;/h1-3H,4,7H2;1H/p+1. The maximum atomic E-state index is 10.8. The van der Waals surface area contributed by atoms with Crippen LogP contribution in [-0.4, -0.2) is 12.3 Å². The van der Waals surface area contributed by atoms with Crippen molar-refractivity contribution < 1.29 is 10.5 Å². The van der Waals surface area contributed by atoms with Crippen LogP contribution < -0.4 is 5.73 Å². The van der Waals surface area contributed by atoms with Crippen LogP contribution in [-0.2, 0) is 0 Å². The molecule has 1 rings (SSSR count). The molecule has 0 atom stereocenters. The van der Waals surface area contributed by atoms with Crippen molar-refractivity contribution in [1.29, 1.82) is 0 Å². The number of Topliss-reactive ketones (excluding diaryl/α,β-unsaturated/α-hetero) is 1. The second-order valence-electron chi connectivity index (χ2n) is 1.65. The zero-order chi connectivity index (χ0) is 6.69. The number of carbonyl (C=O) groups excluding carboxylic acids is 1. The van der Waals surface area contributed by atoms with Gasteiger partial charge in [-0.2, -0.15) is 0 Å². The van der Waals surface area contributed by atoms with E-state index in [4.69, 9.17) is 0 Å². The van der Waals surface area contributed by atoms with Gasteiger partial charge in [-0.15, -0.1) is 23.7 Å². The maximum Gasteiger partial charge on any atom is 0.226 e. The number of rotatable bonds is 2. The van der Waals surface area contributed by atoms with Crippen LogP contribution >= 0.6 is 23.7 Å². The van der Waals surface area contributed by atoms with E-state index in [1.54, 1.807) is 0 Å². The molecule has 4 heteroatoms. The summed E-state index contributed by atoms with van der Waals surface area (Å²) in [6.07, 6.45) is 0. The second kappa shape index (κ2) is 4.44. The first kappa shape index (κ1) is 9.62. The Morgan fingerprint density at radius 1 is 1.70 bits per heavy atom. The monoisotopic (exact) mass is 178 g/mol. The molecule has 0 aliphatic carbocycles. The molecule has 10 heavy (non-hydrogen) atoms. The molecule has 0 amide bonds. The highest BCUT2D eigenvalue weighted by Gasteiger charge is 2.03. The fraction of sp³-hybridized carbons (Fsp3) is 0.167. The number of halogens is 1. The Balaban J connectivity index is 0.000000810. The van der Waals surface area contributed by atoms with Crippen molar-refractivity contribution in [3.63, 3.8) is 0 Å². The molecule has 56 valence electrons. The average Bonchev–Trinajstić information content (AvgIpc) is 2.37. The Bertz CT molecular complexity index is 198. The molecule has 0 unspecified atom stereocenters. The van der Waals surface area contributed by atoms with Crippen LogP contribution in [0.25, 0.3) is 0 Å². The van der Waals surface area contributed by atoms with E-state index in [-0.39, 0.29) is 18.2 Å². The van der Waals surface area contributed by atoms with E-state index < -0.39 is 0 Å². The molecule has 0 aromatic carbocycles. The van der Waals surface area contributed by atoms with Gasteiger partial charge in [0.25, 0.3) is 0 Å². The summed E-state index contributed by atoms with van der Waals surface area (Å²) in [6.45, 7) is 0.362. The fourth-order valence-electron chi connectivity index (χ4n) is 0.560. The zero-order valence-electron chi connectivity index (χ0n) is 5.37. The highest BCUT2D eigenvalue weighted by atomic mass is 35.5. The van der Waals surface area contributed by atoms with Crippen molar-refractivity contribution in [2.24, 2.45) is 0 Å². The summed E-state index contributed by atoms with van der Waals surface area (Å²) in [4.78, 5) is 11.6. The minimum absolute atomic E-state index is 0. The molecule has 0 aliphatic rings. The summed E-state index contributed by atoms with van der Waals surface area (Å²) in [5, 5.41) is 1.89. The lowest BCUT2D eigenvalue weighted by Gasteiger charge is -1.84. The molecule has 0 saturated heterocycles. The maximum absolute atomic E-state index is 10.8. The fourth-order valence-corrected chi connectivity index (χ4v) is 1.25. The van der Waals surface area contributed by atoms with Gasteiger partial charge in [-0.05, 0) is 11.4 Å². The van der Waals surface area contributed by atoms with Gasteiger partial charge in [0.2, 0.25) is 5.78 Å². The zero-order valence-corrected chi connectivity index (χ0v) is 7.00. The third kappa shape index (κ3) is 2.10. The Kier molecular flexibility index (Phi) is 4.27. The van der Waals surface area contributed by atoms with Gasteiger partial charge in [-0.25, -0.2) is 0 Å². The van der Waals surface area contributed by atoms with Gasteiger partial charge in [-0.1, -0.05) is 6.07 Å². The summed E-state index contributed by atoms with van der Waals surface area (Å²) in [6, 6.07) is 3.69. The number of hydrogen-bond acceptors (Lipinski definition) is 2. The number of quaternary nitrogens is 1. The summed E-state index contributed by atoms with van der Waals surface area (Å²) in [5.41, 5.74) is 3.50. The summed E-state index contributed by atoms with van der Waals surface area (Å²) >= 11 is 1.47. The van der Waals surface area contributed by atoms with Crippen molar-refractivity contribution in [2.45, 2.75) is 0 Å². The lowest BCUT2D eigenvalue weighted by molar-refractivity contribution is -0.349. The predicted octanol–water partition coefficient (Wildman–Crippen LogP) is 0.595. The number of thiophene rings is 1. The highest BCUT2D eigenvalue weighted by molar-refractivity contribution is 7.12. The molecular weight excluding hydrogens is 170 g/mol. The van der Waals surface area contributed by atoms with Gasteiger partial charge in [0.15, 0.2) is 0 Å². The minimum atomic E-state index is 0. The van der Waals surface area contributed by atoms with E-state index in [2.05, 4.69) is 5.73 Å². The molecule has 0 aliphatic heterocycles. The third-order valence-corrected chi connectivity index (χ3v) is 1.93. The topological polar surface area (TPSA) is 44.7 Å². The summed E-state index contributed by atoms with van der Waals surface area (Å²) in [7, 11) is 0. The Hall–Kier alpha value is -0.380. The van der Waals surface area contributed by atoms with Crippen LogP contribution in [0.3, 0.4) is 0 Å². The van der Waals surface area contributed by atoms with Crippen molar-refractivity contribution in [2.75, 3.05) is 6.54 Å². The van der Waals surface area contributed by atoms with Gasteiger partial charge in [-0.3, -0.25) is 4.79 Å². The van der Waals surface area contributed by atoms with Crippen molar-refractivity contribution >= 4 is 29.5 Å². The van der Waals surface area contributed by atoms with E-state index in [1.807, 2.05) is 17.5 Å². The first-order chi connectivity index (χ1) is 4.34. The largest absolute Gasteiger partial charge is 0.351 e. The smallest absolute Gasteiger partial charge is 0.226 e. The Labute approximate surface area is 69.5 Å². The minimum Gasteiger partial charge on any atom is -0.351 e. The molecule has 2 nitrogen and oxygen atoms in total. The normalized spacial score (nSPS) is 8.50. The molecule has 3 N–H and O–H groups in total. The molecular formula is C6H9ClNOS+. The lowest BCUT2D eigenvalue weighted by Crippen LogP contribution is -2.53. The molecule has 0 spiro atoms. The number of ketones is 1. The van der Waals surface area contributed by atoms with Crippen LogP contribution in [0.1, 0.15) is 9.67 Å². The van der Waals surface area contributed by atoms with Crippen molar-refractivity contribution in [1.82, 2.24) is 0 Å². The first-order valence-corrected chi connectivity index (χ1v) is 3.58. The van der Waals surface area contributed by atoms with E-state index in [0.717, 1.165) is 4.88 Å². The lowest BCUT2D eigenvalue weighted by atomic mass is 10.3. The third-order valence-electron chi connectivity index (χ3n) is 1.02. The van der Waals surface area contributed by atoms with E-state index in [1.165, 1.54) is 11.3 Å². The molecule has 0 saturated carbocycles. The Morgan fingerprint density at radius 3 is 2.80 bits per heavy atom.